The van der Waals surface area contributed by atoms with Crippen LogP contribution in [0.15, 0.2) is 76.6 Å². The van der Waals surface area contributed by atoms with Gasteiger partial charge in [0, 0.05) is 37.0 Å². The number of amides is 2. The van der Waals surface area contributed by atoms with E-state index in [1.165, 1.54) is 12.4 Å². The molecule has 11 heteroatoms. The molecule has 1 aromatic carbocycles. The number of aromatic nitrogens is 2. The molecular weight excluding hydrogens is 484 g/mol. The van der Waals surface area contributed by atoms with E-state index in [1.807, 2.05) is 24.0 Å². The summed E-state index contributed by atoms with van der Waals surface area (Å²) in [6.45, 7) is 4.22. The number of quaternary nitrogens is 1. The highest BCUT2D eigenvalue weighted by Crippen LogP contribution is 2.39. The molecule has 6 rings (SSSR count). The number of rotatable bonds is 5. The summed E-state index contributed by atoms with van der Waals surface area (Å²) in [5, 5.41) is 2.73. The average molecular weight is 514 g/mol. The van der Waals surface area contributed by atoms with Crippen molar-refractivity contribution >= 4 is 29.7 Å². The largest absolute Gasteiger partial charge is 0.379 e. The van der Waals surface area contributed by atoms with Crippen LogP contribution in [0.3, 0.4) is 0 Å². The van der Waals surface area contributed by atoms with E-state index in [4.69, 9.17) is 15.6 Å². The summed E-state index contributed by atoms with van der Waals surface area (Å²) in [5.41, 5.74) is 2.48. The van der Waals surface area contributed by atoms with Crippen molar-refractivity contribution in [3.8, 4) is 0 Å². The zero-order valence-electron chi connectivity index (χ0n) is 21.1. The highest BCUT2D eigenvalue weighted by Gasteiger charge is 2.48. The summed E-state index contributed by atoms with van der Waals surface area (Å²) in [6.07, 6.45) is 11.6. The Balaban J connectivity index is 1.25. The van der Waals surface area contributed by atoms with E-state index in [1.54, 1.807) is 36.9 Å². The second kappa shape index (κ2) is 9.35. The average Bonchev–Trinajstić information content (AvgIpc) is 3.25. The van der Waals surface area contributed by atoms with Gasteiger partial charge in [-0.05, 0) is 44.0 Å². The first-order chi connectivity index (χ1) is 18.4. The van der Waals surface area contributed by atoms with Crippen molar-refractivity contribution in [2.45, 2.75) is 19.8 Å². The minimum atomic E-state index is -0.437. The van der Waals surface area contributed by atoms with Crippen LogP contribution in [0.2, 0.25) is 0 Å². The monoisotopic (exact) mass is 513 g/mol. The van der Waals surface area contributed by atoms with Crippen LogP contribution < -0.4 is 11.2 Å². The zero-order valence-corrected chi connectivity index (χ0v) is 21.1. The number of ether oxygens (including phenoxy) is 1. The van der Waals surface area contributed by atoms with Crippen LogP contribution in [0.25, 0.3) is 0 Å². The number of nitrogens with zero attached hydrogens (tertiary/aromatic N) is 6. The fourth-order valence-electron chi connectivity index (χ4n) is 5.33. The summed E-state index contributed by atoms with van der Waals surface area (Å²) >= 11 is 0. The molecule has 0 aliphatic carbocycles. The Hall–Kier alpha value is -4.06. The molecule has 2 atom stereocenters. The van der Waals surface area contributed by atoms with Crippen LogP contribution in [-0.2, 0) is 9.53 Å². The third kappa shape index (κ3) is 4.14. The number of amidine groups is 1. The number of aliphatic imine (C=N–C) groups is 2. The van der Waals surface area contributed by atoms with Gasteiger partial charge in [-0.2, -0.15) is 10.8 Å². The van der Waals surface area contributed by atoms with E-state index in [0.29, 0.717) is 37.0 Å². The summed E-state index contributed by atoms with van der Waals surface area (Å²) in [6, 6.07) is 7.15. The van der Waals surface area contributed by atoms with Crippen molar-refractivity contribution in [3.63, 3.8) is 0 Å². The van der Waals surface area contributed by atoms with Gasteiger partial charge in [0.2, 0.25) is 11.6 Å². The summed E-state index contributed by atoms with van der Waals surface area (Å²) < 4.78 is 5.21. The molecule has 0 spiro atoms. The van der Waals surface area contributed by atoms with Gasteiger partial charge in [-0.3, -0.25) is 19.6 Å². The first kappa shape index (κ1) is 24.3. The van der Waals surface area contributed by atoms with E-state index in [9.17, 15) is 9.59 Å². The standard InChI is InChI=1S/C27H28N8O3/c1-27(16-38-17-27)26(37)34-11-2-3-20(15-34)23-21-13-30-10-12-35(21,28)24(33-23)18-4-6-19(7-5-18)25(36)32-22-14-29-8-9-31-22/h4-10,12-14,20H,2-3,11,15-17,28H2,1H3/p+1. The van der Waals surface area contributed by atoms with Gasteiger partial charge in [-0.1, -0.05) is 0 Å². The van der Waals surface area contributed by atoms with Crippen molar-refractivity contribution in [1.82, 2.24) is 14.9 Å². The molecule has 11 nitrogen and oxygen atoms in total. The quantitative estimate of drug-likeness (QED) is 0.465. The van der Waals surface area contributed by atoms with Gasteiger partial charge < -0.3 is 15.0 Å². The lowest BCUT2D eigenvalue weighted by Gasteiger charge is -2.42. The molecule has 0 bridgehead atoms. The lowest BCUT2D eigenvalue weighted by Crippen LogP contribution is -2.55. The van der Waals surface area contributed by atoms with Crippen LogP contribution in [0.4, 0.5) is 5.82 Å². The van der Waals surface area contributed by atoms with Crippen molar-refractivity contribution in [3.05, 3.63) is 77.8 Å². The number of nitrogens with one attached hydrogen (secondary N) is 1. The summed E-state index contributed by atoms with van der Waals surface area (Å²) in [5.74, 6) is 7.82. The minimum Gasteiger partial charge on any atom is -0.379 e. The molecule has 4 aliphatic heterocycles. The van der Waals surface area contributed by atoms with E-state index in [0.717, 1.165) is 36.3 Å². The highest BCUT2D eigenvalue weighted by molar-refractivity contribution is 6.05. The Bertz CT molecular complexity index is 1400. The molecule has 194 valence electrons. The second-order valence-electron chi connectivity index (χ2n) is 10.3. The van der Waals surface area contributed by atoms with Crippen molar-refractivity contribution in [2.24, 2.45) is 27.2 Å². The predicted molar refractivity (Wildman–Crippen MR) is 140 cm³/mol. The molecule has 38 heavy (non-hydrogen) atoms. The molecule has 5 heterocycles. The van der Waals surface area contributed by atoms with Crippen LogP contribution in [0.5, 0.6) is 0 Å². The first-order valence-electron chi connectivity index (χ1n) is 12.6. The topological polar surface area (TPSA) is 135 Å². The third-order valence-corrected chi connectivity index (χ3v) is 7.49. The van der Waals surface area contributed by atoms with Gasteiger partial charge in [-0.25, -0.2) is 4.98 Å². The smallest absolute Gasteiger partial charge is 0.264 e. The van der Waals surface area contributed by atoms with Crippen LogP contribution in [0, 0.1) is 11.3 Å². The number of anilines is 1. The summed E-state index contributed by atoms with van der Waals surface area (Å²) in [7, 11) is 0. The maximum Gasteiger partial charge on any atom is 0.264 e. The fourth-order valence-corrected chi connectivity index (χ4v) is 5.33. The Morgan fingerprint density at radius 3 is 2.74 bits per heavy atom. The Morgan fingerprint density at radius 1 is 1.21 bits per heavy atom. The van der Waals surface area contributed by atoms with E-state index >= 15 is 0 Å². The first-order valence-corrected chi connectivity index (χ1v) is 12.6. The van der Waals surface area contributed by atoms with Crippen molar-refractivity contribution in [1.29, 1.82) is 0 Å². The van der Waals surface area contributed by atoms with Crippen LogP contribution >= 0.6 is 0 Å². The molecule has 2 amide bonds. The molecular formula is C27H29N8O3+. The number of likely N-dealkylation sites (tertiary alicyclic amines) is 1. The summed E-state index contributed by atoms with van der Waals surface area (Å²) in [4.78, 5) is 45.2. The lowest BCUT2D eigenvalue weighted by molar-refractivity contribution is -0.750. The lowest BCUT2D eigenvalue weighted by atomic mass is 9.85. The number of carbonyl (C=O) groups is 2. The van der Waals surface area contributed by atoms with Gasteiger partial charge in [0.25, 0.3) is 11.7 Å². The number of piperidine rings is 1. The molecule has 2 saturated heterocycles. The Morgan fingerprint density at radius 2 is 2.03 bits per heavy atom. The molecule has 2 fully saturated rings. The maximum absolute atomic E-state index is 13.2. The molecule has 3 N–H and O–H groups in total. The second-order valence-corrected chi connectivity index (χ2v) is 10.3. The normalized spacial score (nSPS) is 25.5. The number of hydrogen-bond acceptors (Lipinski definition) is 8. The van der Waals surface area contributed by atoms with Crippen LogP contribution in [-0.4, -0.2) is 69.6 Å². The fraction of sp³-hybridized carbons (Fsp3) is 0.333. The van der Waals surface area contributed by atoms with Gasteiger partial charge in [-0.15, -0.1) is 4.59 Å². The minimum absolute atomic E-state index is 0.0424. The number of carbonyl (C=O) groups excluding carboxylic acids is 2. The number of fused-ring (bicyclic) bond motifs is 1. The van der Waals surface area contributed by atoms with E-state index < -0.39 is 5.41 Å². The SMILES string of the molecule is CC1(C(=O)N2CCCC(C3=C4C=NC=C[N+]4(N)C(c4ccc(C(=O)Nc5cnccn5)cc4)=N3)C2)COC1. The molecule has 0 radical (unpaired) electrons. The Labute approximate surface area is 220 Å². The number of hydrogen-bond donors (Lipinski definition) is 2. The molecule has 4 aliphatic rings. The number of benzene rings is 1. The van der Waals surface area contributed by atoms with Gasteiger partial charge in [0.05, 0.1) is 42.8 Å². The number of nitrogens with two attached hydrogens (primary N) is 1. The van der Waals surface area contributed by atoms with E-state index in [-0.39, 0.29) is 22.3 Å². The third-order valence-electron chi connectivity index (χ3n) is 7.49. The zero-order chi connectivity index (χ0) is 26.3. The van der Waals surface area contributed by atoms with Crippen molar-refractivity contribution in [2.75, 3.05) is 31.6 Å². The molecule has 2 aromatic rings. The maximum atomic E-state index is 13.2. The Kier molecular flexibility index (Phi) is 5.98. The molecule has 2 unspecified atom stereocenters. The highest BCUT2D eigenvalue weighted by atomic mass is 16.5. The van der Waals surface area contributed by atoms with Gasteiger partial charge in [0.1, 0.15) is 11.9 Å². The molecule has 0 saturated carbocycles. The van der Waals surface area contributed by atoms with Crippen molar-refractivity contribution < 1.29 is 18.9 Å². The molecule has 1 aromatic heterocycles. The van der Waals surface area contributed by atoms with E-state index in [2.05, 4.69) is 20.3 Å². The van der Waals surface area contributed by atoms with Gasteiger partial charge in [0.15, 0.2) is 5.82 Å². The predicted octanol–water partition coefficient (Wildman–Crippen LogP) is 2.22. The van der Waals surface area contributed by atoms with Gasteiger partial charge >= 0.3 is 0 Å². The number of allylic oxidation sites excluding steroid dienone is 1. The van der Waals surface area contributed by atoms with Crippen LogP contribution in [0.1, 0.15) is 35.7 Å².